The number of ether oxygens (including phenoxy) is 1. The minimum atomic E-state index is -0.657. The molecule has 5 rings (SSSR count). The largest absolute Gasteiger partial charge is 0.368 e. The van der Waals surface area contributed by atoms with Gasteiger partial charge in [0.15, 0.2) is 5.78 Å². The molecule has 0 bridgehead atoms. The van der Waals surface area contributed by atoms with Crippen LogP contribution in [0.3, 0.4) is 0 Å². The molecule has 0 radical (unpaired) electrons. The number of carbonyl (C=O) groups excluding carboxylic acids is 3. The van der Waals surface area contributed by atoms with Crippen molar-refractivity contribution in [2.45, 2.75) is 88.9 Å². The van der Waals surface area contributed by atoms with E-state index >= 15 is 0 Å². The van der Waals surface area contributed by atoms with Gasteiger partial charge in [-0.3, -0.25) is 14.4 Å². The van der Waals surface area contributed by atoms with Crippen molar-refractivity contribution in [1.82, 2.24) is 15.1 Å². The Morgan fingerprint density at radius 3 is 2.40 bits per heavy atom. The fraction of sp³-hybridized carbons (Fsp3) is 0.679. The van der Waals surface area contributed by atoms with Crippen molar-refractivity contribution >= 4 is 17.6 Å². The predicted octanol–water partition coefficient (Wildman–Crippen LogP) is 3.13. The summed E-state index contributed by atoms with van der Waals surface area (Å²) in [6, 6.07) is 7.60. The van der Waals surface area contributed by atoms with Gasteiger partial charge in [0.25, 0.3) is 5.91 Å². The SMILES string of the molecule is CC[C@H](C)[C@H](NC(=O)c1ccc(C2CCN(C3CCC3)CC2)cc1)C(=O)N1CC[C@H]2OCC(=O)[C@H]21. The van der Waals surface area contributed by atoms with Crippen LogP contribution in [0, 0.1) is 5.92 Å². The van der Waals surface area contributed by atoms with E-state index in [4.69, 9.17) is 4.74 Å². The summed E-state index contributed by atoms with van der Waals surface area (Å²) in [5.74, 6) is 0.0630. The topological polar surface area (TPSA) is 79.0 Å². The summed E-state index contributed by atoms with van der Waals surface area (Å²) in [6.07, 6.45) is 7.66. The number of Topliss-reactive ketones (excluding diaryl/α,β-unsaturated/α-hetero) is 1. The highest BCUT2D eigenvalue weighted by molar-refractivity contribution is 5.99. The highest BCUT2D eigenvalue weighted by Gasteiger charge is 2.48. The number of rotatable bonds is 7. The van der Waals surface area contributed by atoms with Gasteiger partial charge in [0.2, 0.25) is 5.91 Å². The second-order valence-corrected chi connectivity index (χ2v) is 10.9. The number of nitrogens with zero attached hydrogens (tertiary/aromatic N) is 2. The summed E-state index contributed by atoms with van der Waals surface area (Å²) < 4.78 is 5.54. The summed E-state index contributed by atoms with van der Waals surface area (Å²) >= 11 is 0. The number of likely N-dealkylation sites (tertiary alicyclic amines) is 2. The minimum absolute atomic E-state index is 0.0378. The molecule has 4 atom stereocenters. The molecule has 7 heteroatoms. The summed E-state index contributed by atoms with van der Waals surface area (Å²) in [4.78, 5) is 43.2. The first-order valence-electron chi connectivity index (χ1n) is 13.6. The van der Waals surface area contributed by atoms with Crippen LogP contribution in [-0.2, 0) is 14.3 Å². The molecule has 7 nitrogen and oxygen atoms in total. The average Bonchev–Trinajstić information content (AvgIpc) is 3.44. The number of benzene rings is 1. The highest BCUT2D eigenvalue weighted by Crippen LogP contribution is 2.33. The van der Waals surface area contributed by atoms with E-state index in [1.165, 1.54) is 50.8 Å². The smallest absolute Gasteiger partial charge is 0.251 e. The fourth-order valence-corrected chi connectivity index (χ4v) is 6.18. The monoisotopic (exact) mass is 481 g/mol. The lowest BCUT2D eigenvalue weighted by atomic mass is 9.85. The van der Waals surface area contributed by atoms with E-state index in [-0.39, 0.29) is 36.2 Å². The zero-order valence-corrected chi connectivity index (χ0v) is 21.1. The molecule has 1 aliphatic carbocycles. The van der Waals surface area contributed by atoms with Crippen LogP contribution in [0.2, 0.25) is 0 Å². The number of hydrogen-bond acceptors (Lipinski definition) is 5. The van der Waals surface area contributed by atoms with Crippen molar-refractivity contribution in [3.8, 4) is 0 Å². The Balaban J connectivity index is 1.21. The third-order valence-corrected chi connectivity index (χ3v) is 8.93. The van der Waals surface area contributed by atoms with Crippen LogP contribution in [0.25, 0.3) is 0 Å². The summed E-state index contributed by atoms with van der Waals surface area (Å²) in [7, 11) is 0. The molecule has 2 amide bonds. The van der Waals surface area contributed by atoms with Crippen LogP contribution in [0.4, 0.5) is 0 Å². The Kier molecular flexibility index (Phi) is 7.26. The van der Waals surface area contributed by atoms with Crippen LogP contribution in [-0.4, -0.2) is 77.9 Å². The fourth-order valence-electron chi connectivity index (χ4n) is 6.18. The van der Waals surface area contributed by atoms with Gasteiger partial charge in [-0.05, 0) is 74.7 Å². The van der Waals surface area contributed by atoms with Crippen LogP contribution in [0.15, 0.2) is 24.3 Å². The number of amides is 2. The predicted molar refractivity (Wildman–Crippen MR) is 133 cm³/mol. The molecule has 35 heavy (non-hydrogen) atoms. The van der Waals surface area contributed by atoms with Crippen molar-refractivity contribution in [2.75, 3.05) is 26.2 Å². The summed E-state index contributed by atoms with van der Waals surface area (Å²) in [5.41, 5.74) is 1.87. The Labute approximate surface area is 208 Å². The van der Waals surface area contributed by atoms with Gasteiger partial charge in [-0.1, -0.05) is 38.8 Å². The third-order valence-electron chi connectivity index (χ3n) is 8.93. The molecular weight excluding hydrogens is 442 g/mol. The van der Waals surface area contributed by atoms with Gasteiger partial charge >= 0.3 is 0 Å². The van der Waals surface area contributed by atoms with Crippen molar-refractivity contribution in [3.05, 3.63) is 35.4 Å². The number of ketones is 1. The Morgan fingerprint density at radius 1 is 1.06 bits per heavy atom. The zero-order chi connectivity index (χ0) is 24.5. The lowest BCUT2D eigenvalue weighted by Gasteiger charge is -2.42. The maximum absolute atomic E-state index is 13.5. The van der Waals surface area contributed by atoms with E-state index < -0.39 is 12.1 Å². The van der Waals surface area contributed by atoms with Gasteiger partial charge in [0.1, 0.15) is 18.7 Å². The molecular formula is C28H39N3O4. The normalized spacial score (nSPS) is 27.4. The molecule has 190 valence electrons. The Hall–Kier alpha value is -2.25. The van der Waals surface area contributed by atoms with Gasteiger partial charge in [-0.2, -0.15) is 0 Å². The van der Waals surface area contributed by atoms with E-state index in [1.807, 2.05) is 26.0 Å². The van der Waals surface area contributed by atoms with Crippen LogP contribution >= 0.6 is 0 Å². The first kappa shape index (κ1) is 24.4. The molecule has 0 aromatic heterocycles. The lowest BCUT2D eigenvalue weighted by molar-refractivity contribution is -0.139. The van der Waals surface area contributed by atoms with Gasteiger partial charge in [0.05, 0.1) is 6.10 Å². The van der Waals surface area contributed by atoms with Crippen LogP contribution in [0.5, 0.6) is 0 Å². The van der Waals surface area contributed by atoms with Gasteiger partial charge in [0, 0.05) is 18.2 Å². The molecule has 4 fully saturated rings. The number of nitrogens with one attached hydrogen (secondary N) is 1. The number of hydrogen-bond donors (Lipinski definition) is 1. The Bertz CT molecular complexity index is 936. The number of carbonyl (C=O) groups is 3. The molecule has 4 aliphatic rings. The van der Waals surface area contributed by atoms with Crippen LogP contribution in [0.1, 0.15) is 80.6 Å². The van der Waals surface area contributed by atoms with Gasteiger partial charge < -0.3 is 19.9 Å². The molecule has 0 unspecified atom stereocenters. The van der Waals surface area contributed by atoms with Gasteiger partial charge in [-0.25, -0.2) is 0 Å². The molecule has 3 heterocycles. The maximum atomic E-state index is 13.5. The van der Waals surface area contributed by atoms with Crippen molar-refractivity contribution < 1.29 is 19.1 Å². The van der Waals surface area contributed by atoms with E-state index in [0.717, 1.165) is 12.5 Å². The highest BCUT2D eigenvalue weighted by atomic mass is 16.5. The maximum Gasteiger partial charge on any atom is 0.251 e. The molecule has 3 saturated heterocycles. The standard InChI is InChI=1S/C28H39N3O4/c1-3-18(2)25(28(34)31-16-13-24-26(31)23(32)17-35-24)29-27(33)21-9-7-19(8-10-21)20-11-14-30(15-12-20)22-5-4-6-22/h7-10,18,20,22,24-26H,3-6,11-17H2,1-2H3,(H,29,33)/t18-,24+,25-,26+/m0/s1. The minimum Gasteiger partial charge on any atom is -0.368 e. The summed E-state index contributed by atoms with van der Waals surface area (Å²) in [6.45, 7) is 6.90. The van der Waals surface area contributed by atoms with E-state index in [1.54, 1.807) is 4.90 Å². The molecule has 1 aromatic rings. The first-order valence-corrected chi connectivity index (χ1v) is 13.6. The molecule has 0 spiro atoms. The molecule has 3 aliphatic heterocycles. The molecule has 1 aromatic carbocycles. The summed E-state index contributed by atoms with van der Waals surface area (Å²) in [5, 5.41) is 3.00. The van der Waals surface area contributed by atoms with Gasteiger partial charge in [-0.15, -0.1) is 0 Å². The zero-order valence-electron chi connectivity index (χ0n) is 21.1. The van der Waals surface area contributed by atoms with Crippen molar-refractivity contribution in [3.63, 3.8) is 0 Å². The first-order chi connectivity index (χ1) is 17.0. The second kappa shape index (κ2) is 10.4. The van der Waals surface area contributed by atoms with Crippen molar-refractivity contribution in [1.29, 1.82) is 0 Å². The van der Waals surface area contributed by atoms with Crippen molar-refractivity contribution in [2.24, 2.45) is 5.92 Å². The van der Waals surface area contributed by atoms with E-state index in [9.17, 15) is 14.4 Å². The van der Waals surface area contributed by atoms with E-state index in [2.05, 4.69) is 22.3 Å². The van der Waals surface area contributed by atoms with E-state index in [0.29, 0.717) is 24.4 Å². The quantitative estimate of drug-likeness (QED) is 0.647. The average molecular weight is 482 g/mol. The second-order valence-electron chi connectivity index (χ2n) is 10.9. The number of piperidine rings is 1. The van der Waals surface area contributed by atoms with Crippen LogP contribution < -0.4 is 5.32 Å². The third kappa shape index (κ3) is 4.90. The molecule has 1 saturated carbocycles. The lowest BCUT2D eigenvalue weighted by Crippen LogP contribution is -2.54. The number of fused-ring (bicyclic) bond motifs is 1. The Morgan fingerprint density at radius 2 is 1.77 bits per heavy atom. The molecule has 1 N–H and O–H groups in total.